The Morgan fingerprint density at radius 1 is 1.05 bits per heavy atom. The molecule has 1 rings (SSSR count). The minimum absolute atomic E-state index is 0.0991. The van der Waals surface area contributed by atoms with Crippen LogP contribution in [0.1, 0.15) is 56.0 Å². The Hall–Kier alpha value is -1.32. The van der Waals surface area contributed by atoms with Crippen LogP contribution in [0.4, 0.5) is 13.2 Å². The number of halogens is 3. The van der Waals surface area contributed by atoms with Gasteiger partial charge in [-0.05, 0) is 30.4 Å². The molecule has 0 heterocycles. The second kappa shape index (κ2) is 5.76. The van der Waals surface area contributed by atoms with E-state index < -0.39 is 11.7 Å². The predicted octanol–water partition coefficient (Wildman–Crippen LogP) is 5.10. The van der Waals surface area contributed by atoms with Crippen molar-refractivity contribution in [2.45, 2.75) is 46.2 Å². The smallest absolute Gasteiger partial charge is 0.294 e. The molecule has 0 aromatic heterocycles. The van der Waals surface area contributed by atoms with Crippen LogP contribution in [0, 0.1) is 5.41 Å². The summed E-state index contributed by atoms with van der Waals surface area (Å²) in [6, 6.07) is 4.42. The first-order chi connectivity index (χ1) is 8.59. The first kappa shape index (κ1) is 15.7. The van der Waals surface area contributed by atoms with Gasteiger partial charge in [0.15, 0.2) is 5.78 Å². The molecule has 0 saturated heterocycles. The fourth-order valence-electron chi connectivity index (χ4n) is 1.77. The maximum Gasteiger partial charge on any atom is 0.416 e. The lowest BCUT2D eigenvalue weighted by Crippen LogP contribution is -2.08. The lowest BCUT2D eigenvalue weighted by atomic mass is 9.89. The Morgan fingerprint density at radius 2 is 1.58 bits per heavy atom. The van der Waals surface area contributed by atoms with Gasteiger partial charge in [0.2, 0.25) is 0 Å². The SMILES string of the molecule is CC(C)(C)CCCC(=O)c1ccc(C(F)(F)F)cc1. The van der Waals surface area contributed by atoms with Crippen molar-refractivity contribution >= 4 is 5.78 Å². The van der Waals surface area contributed by atoms with Crippen molar-refractivity contribution < 1.29 is 18.0 Å². The number of ketones is 1. The molecule has 0 fully saturated rings. The second-order valence-electron chi connectivity index (χ2n) is 5.91. The third-order valence-electron chi connectivity index (χ3n) is 2.86. The molecule has 4 heteroatoms. The Morgan fingerprint density at radius 3 is 2.00 bits per heavy atom. The number of rotatable bonds is 4. The normalized spacial score (nSPS) is 12.5. The van der Waals surface area contributed by atoms with Crippen LogP contribution in [0.5, 0.6) is 0 Å². The van der Waals surface area contributed by atoms with E-state index in [0.717, 1.165) is 25.0 Å². The highest BCUT2D eigenvalue weighted by atomic mass is 19.4. The predicted molar refractivity (Wildman–Crippen MR) is 69.1 cm³/mol. The highest BCUT2D eigenvalue weighted by molar-refractivity contribution is 5.96. The largest absolute Gasteiger partial charge is 0.416 e. The van der Waals surface area contributed by atoms with E-state index >= 15 is 0 Å². The molecular formula is C15H19F3O. The third-order valence-corrected chi connectivity index (χ3v) is 2.86. The molecule has 0 atom stereocenters. The van der Waals surface area contributed by atoms with E-state index in [1.807, 2.05) is 0 Å². The summed E-state index contributed by atoms with van der Waals surface area (Å²) in [4.78, 5) is 11.8. The van der Waals surface area contributed by atoms with E-state index in [4.69, 9.17) is 0 Å². The Kier molecular flexibility index (Phi) is 4.77. The monoisotopic (exact) mass is 272 g/mol. The molecule has 0 aliphatic heterocycles. The number of hydrogen-bond acceptors (Lipinski definition) is 1. The van der Waals surface area contributed by atoms with Gasteiger partial charge in [-0.3, -0.25) is 4.79 Å². The molecule has 1 nitrogen and oxygen atoms in total. The quantitative estimate of drug-likeness (QED) is 0.696. The summed E-state index contributed by atoms with van der Waals surface area (Å²) in [5.41, 5.74) is -0.207. The maximum absolute atomic E-state index is 12.4. The van der Waals surface area contributed by atoms with Gasteiger partial charge in [-0.2, -0.15) is 13.2 Å². The molecule has 0 unspecified atom stereocenters. The lowest BCUT2D eigenvalue weighted by molar-refractivity contribution is -0.137. The number of hydrogen-bond donors (Lipinski definition) is 0. The molecular weight excluding hydrogens is 253 g/mol. The van der Waals surface area contributed by atoms with Crippen LogP contribution in [-0.2, 0) is 6.18 Å². The topological polar surface area (TPSA) is 17.1 Å². The Bertz CT molecular complexity index is 424. The van der Waals surface area contributed by atoms with Gasteiger partial charge in [0, 0.05) is 12.0 Å². The van der Waals surface area contributed by atoms with Gasteiger partial charge in [0.05, 0.1) is 5.56 Å². The molecule has 1 aromatic carbocycles. The number of benzene rings is 1. The highest BCUT2D eigenvalue weighted by Crippen LogP contribution is 2.29. The van der Waals surface area contributed by atoms with Gasteiger partial charge in [0.25, 0.3) is 0 Å². The fraction of sp³-hybridized carbons (Fsp3) is 0.533. The van der Waals surface area contributed by atoms with Crippen molar-refractivity contribution in [2.75, 3.05) is 0 Å². The average molecular weight is 272 g/mol. The van der Waals surface area contributed by atoms with Gasteiger partial charge in [-0.15, -0.1) is 0 Å². The standard InChI is InChI=1S/C15H19F3O/c1-14(2,3)10-4-5-13(19)11-6-8-12(9-7-11)15(16,17)18/h6-9H,4-5,10H2,1-3H3. The van der Waals surface area contributed by atoms with Crippen molar-refractivity contribution in [2.24, 2.45) is 5.41 Å². The van der Waals surface area contributed by atoms with Gasteiger partial charge in [-0.25, -0.2) is 0 Å². The van der Waals surface area contributed by atoms with E-state index in [2.05, 4.69) is 20.8 Å². The average Bonchev–Trinajstić information content (AvgIpc) is 2.26. The van der Waals surface area contributed by atoms with Crippen LogP contribution in [0.3, 0.4) is 0 Å². The van der Waals surface area contributed by atoms with Gasteiger partial charge in [0.1, 0.15) is 0 Å². The summed E-state index contributed by atoms with van der Waals surface area (Å²) in [5, 5.41) is 0. The molecule has 0 saturated carbocycles. The molecule has 0 aliphatic rings. The summed E-state index contributed by atoms with van der Waals surface area (Å²) in [6.45, 7) is 6.28. The van der Waals surface area contributed by atoms with Crippen LogP contribution in [0.25, 0.3) is 0 Å². The van der Waals surface area contributed by atoms with E-state index in [1.54, 1.807) is 0 Å². The van der Waals surface area contributed by atoms with Crippen molar-refractivity contribution in [3.8, 4) is 0 Å². The minimum atomic E-state index is -4.35. The molecule has 19 heavy (non-hydrogen) atoms. The van der Waals surface area contributed by atoms with Crippen molar-refractivity contribution in [1.29, 1.82) is 0 Å². The van der Waals surface area contributed by atoms with Crippen molar-refractivity contribution in [3.63, 3.8) is 0 Å². The van der Waals surface area contributed by atoms with Gasteiger partial charge < -0.3 is 0 Å². The van der Waals surface area contributed by atoms with E-state index in [-0.39, 0.29) is 11.2 Å². The summed E-state index contributed by atoms with van der Waals surface area (Å²) in [6.07, 6.45) is -2.31. The van der Waals surface area contributed by atoms with E-state index in [1.165, 1.54) is 12.1 Å². The summed E-state index contributed by atoms with van der Waals surface area (Å²) in [5.74, 6) is -0.0991. The van der Waals surface area contributed by atoms with E-state index in [9.17, 15) is 18.0 Å². The van der Waals surface area contributed by atoms with Crippen molar-refractivity contribution in [3.05, 3.63) is 35.4 Å². The van der Waals surface area contributed by atoms with Crippen LogP contribution in [0.15, 0.2) is 24.3 Å². The van der Waals surface area contributed by atoms with Crippen LogP contribution in [-0.4, -0.2) is 5.78 Å². The summed E-state index contributed by atoms with van der Waals surface area (Å²) >= 11 is 0. The van der Waals surface area contributed by atoms with E-state index in [0.29, 0.717) is 12.0 Å². The molecule has 0 amide bonds. The fourth-order valence-corrected chi connectivity index (χ4v) is 1.77. The Balaban J connectivity index is 2.59. The molecule has 0 N–H and O–H groups in total. The molecule has 0 aliphatic carbocycles. The minimum Gasteiger partial charge on any atom is -0.294 e. The van der Waals surface area contributed by atoms with Gasteiger partial charge >= 0.3 is 6.18 Å². The zero-order valence-corrected chi connectivity index (χ0v) is 11.5. The van der Waals surface area contributed by atoms with Crippen LogP contribution in [0.2, 0.25) is 0 Å². The summed E-state index contributed by atoms with van der Waals surface area (Å²) < 4.78 is 37.1. The molecule has 106 valence electrons. The number of alkyl halides is 3. The number of carbonyl (C=O) groups is 1. The maximum atomic E-state index is 12.4. The molecule has 0 bridgehead atoms. The summed E-state index contributed by atoms with van der Waals surface area (Å²) in [7, 11) is 0. The number of carbonyl (C=O) groups excluding carboxylic acids is 1. The molecule has 0 radical (unpaired) electrons. The van der Waals surface area contributed by atoms with Crippen LogP contribution < -0.4 is 0 Å². The van der Waals surface area contributed by atoms with Crippen molar-refractivity contribution in [1.82, 2.24) is 0 Å². The molecule has 1 aromatic rings. The lowest BCUT2D eigenvalue weighted by Gasteiger charge is -2.17. The zero-order chi connectivity index (χ0) is 14.7. The zero-order valence-electron chi connectivity index (χ0n) is 11.5. The Labute approximate surface area is 111 Å². The third kappa shape index (κ3) is 5.45. The van der Waals surface area contributed by atoms with Crippen LogP contribution >= 0.6 is 0 Å². The number of Topliss-reactive ketones (excluding diaryl/α,β-unsaturated/α-hetero) is 1. The first-order valence-electron chi connectivity index (χ1n) is 6.30. The first-order valence-corrected chi connectivity index (χ1v) is 6.30. The second-order valence-corrected chi connectivity index (χ2v) is 5.91. The highest BCUT2D eigenvalue weighted by Gasteiger charge is 2.30. The molecule has 0 spiro atoms. The van der Waals surface area contributed by atoms with Gasteiger partial charge in [-0.1, -0.05) is 32.9 Å².